The second kappa shape index (κ2) is 8.19. The summed E-state index contributed by atoms with van der Waals surface area (Å²) in [5.74, 6) is 0.852. The van der Waals surface area contributed by atoms with Crippen molar-refractivity contribution in [3.8, 4) is 11.5 Å². The van der Waals surface area contributed by atoms with Crippen LogP contribution in [0.4, 0.5) is 0 Å². The molecule has 0 aromatic heterocycles. The summed E-state index contributed by atoms with van der Waals surface area (Å²) in [5.41, 5.74) is 1.89. The molecule has 0 saturated carbocycles. The lowest BCUT2D eigenvalue weighted by atomic mass is 9.77. The van der Waals surface area contributed by atoms with Crippen molar-refractivity contribution in [3.63, 3.8) is 0 Å². The number of ether oxygens (including phenoxy) is 2. The number of hydrogen-bond acceptors (Lipinski definition) is 4. The molecule has 3 aromatic rings. The smallest absolute Gasteiger partial charge is 0.343 e. The molecule has 0 aliphatic carbocycles. The Morgan fingerprint density at radius 3 is 2.39 bits per heavy atom. The Kier molecular flexibility index (Phi) is 5.33. The lowest BCUT2D eigenvalue weighted by Crippen LogP contribution is -2.69. The first-order chi connectivity index (χ1) is 15.8. The van der Waals surface area contributed by atoms with Gasteiger partial charge in [0.05, 0.1) is 5.56 Å². The van der Waals surface area contributed by atoms with Crippen molar-refractivity contribution in [2.45, 2.75) is 43.9 Å². The monoisotopic (exact) mass is 458 g/mol. The number of hydrogen-bond donors (Lipinski definition) is 2. The molecule has 1 fully saturated rings. The van der Waals surface area contributed by atoms with Gasteiger partial charge in [-0.3, -0.25) is 0 Å². The highest BCUT2D eigenvalue weighted by molar-refractivity contribution is 7.80. The maximum absolute atomic E-state index is 12.6. The third-order valence-electron chi connectivity index (χ3n) is 6.14. The summed E-state index contributed by atoms with van der Waals surface area (Å²) in [6.45, 7) is 4.24. The third-order valence-corrected chi connectivity index (χ3v) is 6.35. The summed E-state index contributed by atoms with van der Waals surface area (Å²) in [6, 6.07) is 25.0. The molecule has 2 heterocycles. The Balaban J connectivity index is 1.52. The van der Waals surface area contributed by atoms with Crippen molar-refractivity contribution >= 4 is 23.3 Å². The number of benzene rings is 3. The van der Waals surface area contributed by atoms with Gasteiger partial charge in [0, 0.05) is 35.9 Å². The fourth-order valence-corrected chi connectivity index (χ4v) is 5.36. The van der Waals surface area contributed by atoms with Crippen LogP contribution in [0, 0.1) is 0 Å². The second-order valence-corrected chi connectivity index (χ2v) is 9.77. The van der Waals surface area contributed by atoms with Gasteiger partial charge >= 0.3 is 5.97 Å². The zero-order valence-corrected chi connectivity index (χ0v) is 19.4. The SMILES string of the molecule is CC1(C)C[C@]2(C[C@H](c3ccccc3)c3ccc(OC(=O)c4ccccc4)cc3O2)NC(=S)N1. The summed E-state index contributed by atoms with van der Waals surface area (Å²) >= 11 is 5.53. The van der Waals surface area contributed by atoms with Gasteiger partial charge in [0.15, 0.2) is 10.8 Å². The van der Waals surface area contributed by atoms with Crippen LogP contribution < -0.4 is 20.1 Å². The normalized spacial score (nSPS) is 23.0. The molecule has 2 aliphatic rings. The van der Waals surface area contributed by atoms with Gasteiger partial charge in [0.25, 0.3) is 0 Å². The summed E-state index contributed by atoms with van der Waals surface area (Å²) in [5, 5.41) is 7.31. The molecule has 168 valence electrons. The van der Waals surface area contributed by atoms with Crippen LogP contribution in [-0.2, 0) is 0 Å². The number of rotatable bonds is 3. The van der Waals surface area contributed by atoms with Crippen LogP contribution in [0.25, 0.3) is 0 Å². The van der Waals surface area contributed by atoms with Crippen molar-refractivity contribution in [1.29, 1.82) is 0 Å². The van der Waals surface area contributed by atoms with E-state index in [0.29, 0.717) is 22.2 Å². The van der Waals surface area contributed by atoms with Gasteiger partial charge in [-0.1, -0.05) is 54.6 Å². The minimum atomic E-state index is -0.665. The molecule has 2 N–H and O–H groups in total. The lowest BCUT2D eigenvalue weighted by molar-refractivity contribution is -0.0128. The fraction of sp³-hybridized carbons (Fsp3) is 0.259. The van der Waals surface area contributed by atoms with Gasteiger partial charge < -0.3 is 20.1 Å². The van der Waals surface area contributed by atoms with E-state index in [1.54, 1.807) is 12.1 Å². The first-order valence-corrected chi connectivity index (χ1v) is 11.5. The van der Waals surface area contributed by atoms with Crippen molar-refractivity contribution in [2.75, 3.05) is 0 Å². The molecule has 0 unspecified atom stereocenters. The number of nitrogens with one attached hydrogen (secondary N) is 2. The summed E-state index contributed by atoms with van der Waals surface area (Å²) in [7, 11) is 0. The highest BCUT2D eigenvalue weighted by Gasteiger charge is 2.48. The average molecular weight is 459 g/mol. The fourth-order valence-electron chi connectivity index (χ4n) is 4.90. The molecule has 0 bridgehead atoms. The molecule has 5 nitrogen and oxygen atoms in total. The predicted molar refractivity (Wildman–Crippen MR) is 132 cm³/mol. The van der Waals surface area contributed by atoms with Crippen molar-refractivity contribution < 1.29 is 14.3 Å². The van der Waals surface area contributed by atoms with E-state index in [0.717, 1.165) is 18.4 Å². The van der Waals surface area contributed by atoms with Gasteiger partial charge in [-0.05, 0) is 49.8 Å². The third kappa shape index (κ3) is 4.44. The molecule has 1 saturated heterocycles. The molecule has 2 aliphatic heterocycles. The quantitative estimate of drug-likeness (QED) is 0.321. The average Bonchev–Trinajstić information content (AvgIpc) is 2.78. The van der Waals surface area contributed by atoms with E-state index in [1.807, 2.05) is 42.5 Å². The van der Waals surface area contributed by atoms with E-state index in [2.05, 4.69) is 48.7 Å². The van der Waals surface area contributed by atoms with Crippen LogP contribution in [-0.4, -0.2) is 22.3 Å². The number of thiocarbonyl (C=S) groups is 1. The Hall–Kier alpha value is -3.38. The van der Waals surface area contributed by atoms with Crippen LogP contribution >= 0.6 is 12.2 Å². The molecule has 3 aromatic carbocycles. The van der Waals surface area contributed by atoms with Gasteiger partial charge in [-0.2, -0.15) is 0 Å². The Morgan fingerprint density at radius 2 is 1.70 bits per heavy atom. The largest absolute Gasteiger partial charge is 0.468 e. The molecule has 33 heavy (non-hydrogen) atoms. The Labute approximate surface area is 199 Å². The van der Waals surface area contributed by atoms with E-state index < -0.39 is 11.7 Å². The van der Waals surface area contributed by atoms with E-state index in [-0.39, 0.29) is 11.5 Å². The van der Waals surface area contributed by atoms with Gasteiger partial charge in [-0.15, -0.1) is 0 Å². The minimum absolute atomic E-state index is 0.109. The van der Waals surface area contributed by atoms with Crippen LogP contribution in [0.15, 0.2) is 78.9 Å². The molecular formula is C27H26N2O3S. The Bertz CT molecular complexity index is 1200. The van der Waals surface area contributed by atoms with Gasteiger partial charge in [-0.25, -0.2) is 4.79 Å². The zero-order chi connectivity index (χ0) is 23.1. The predicted octanol–water partition coefficient (Wildman–Crippen LogP) is 5.16. The molecule has 5 rings (SSSR count). The number of carbonyl (C=O) groups is 1. The molecule has 0 radical (unpaired) electrons. The van der Waals surface area contributed by atoms with E-state index in [4.69, 9.17) is 21.7 Å². The van der Waals surface area contributed by atoms with E-state index in [1.165, 1.54) is 5.56 Å². The molecule has 0 amide bonds. The van der Waals surface area contributed by atoms with Crippen molar-refractivity contribution in [2.24, 2.45) is 0 Å². The minimum Gasteiger partial charge on any atom is -0.468 e. The Morgan fingerprint density at radius 1 is 1.00 bits per heavy atom. The maximum Gasteiger partial charge on any atom is 0.343 e. The van der Waals surface area contributed by atoms with Crippen LogP contribution in [0.1, 0.15) is 54.1 Å². The second-order valence-electron chi connectivity index (χ2n) is 9.36. The topological polar surface area (TPSA) is 59.6 Å². The van der Waals surface area contributed by atoms with Crippen molar-refractivity contribution in [1.82, 2.24) is 10.6 Å². The van der Waals surface area contributed by atoms with E-state index in [9.17, 15) is 4.79 Å². The van der Waals surface area contributed by atoms with Crippen LogP contribution in [0.3, 0.4) is 0 Å². The summed E-state index contributed by atoms with van der Waals surface area (Å²) < 4.78 is 12.3. The molecule has 6 heteroatoms. The molecule has 2 atom stereocenters. The first-order valence-electron chi connectivity index (χ1n) is 11.1. The molecule has 1 spiro atoms. The van der Waals surface area contributed by atoms with E-state index >= 15 is 0 Å². The van der Waals surface area contributed by atoms with Gasteiger partial charge in [0.1, 0.15) is 11.5 Å². The summed E-state index contributed by atoms with van der Waals surface area (Å²) in [6.07, 6.45) is 1.45. The first kappa shape index (κ1) is 21.5. The number of esters is 1. The number of fused-ring (bicyclic) bond motifs is 1. The van der Waals surface area contributed by atoms with Crippen LogP contribution in [0.2, 0.25) is 0 Å². The lowest BCUT2D eigenvalue weighted by Gasteiger charge is -2.50. The highest BCUT2D eigenvalue weighted by Crippen LogP contribution is 2.47. The standard InChI is InChI=1S/C27H26N2O3S/c1-26(2)17-27(29-25(33)28-26)16-22(18-9-5-3-6-10-18)21-14-13-20(15-23(21)32-27)31-24(30)19-11-7-4-8-12-19/h3-15,22H,16-17H2,1-2H3,(H2,28,29,33)/t22-,27-/m1/s1. The maximum atomic E-state index is 12.6. The summed E-state index contributed by atoms with van der Waals surface area (Å²) in [4.78, 5) is 12.6. The van der Waals surface area contributed by atoms with Crippen LogP contribution in [0.5, 0.6) is 11.5 Å². The highest BCUT2D eigenvalue weighted by atomic mass is 32.1. The number of carbonyl (C=O) groups excluding carboxylic acids is 1. The molecular weight excluding hydrogens is 432 g/mol. The zero-order valence-electron chi connectivity index (χ0n) is 18.6. The van der Waals surface area contributed by atoms with Crippen molar-refractivity contribution in [3.05, 3.63) is 95.6 Å². The van der Waals surface area contributed by atoms with Gasteiger partial charge in [0.2, 0.25) is 0 Å².